The summed E-state index contributed by atoms with van der Waals surface area (Å²) < 4.78 is 0. The van der Waals surface area contributed by atoms with Crippen molar-refractivity contribution in [2.75, 3.05) is 5.32 Å². The molecule has 0 bridgehead atoms. The van der Waals surface area contributed by atoms with E-state index in [1.54, 1.807) is 0 Å². The van der Waals surface area contributed by atoms with Crippen molar-refractivity contribution in [2.24, 2.45) is 0 Å². The van der Waals surface area contributed by atoms with E-state index in [0.717, 1.165) is 27.7 Å². The molecule has 0 spiro atoms. The van der Waals surface area contributed by atoms with Crippen LogP contribution in [0.5, 0.6) is 0 Å². The number of aromatic nitrogens is 2. The van der Waals surface area contributed by atoms with Crippen molar-refractivity contribution in [3.8, 4) is 6.07 Å². The Morgan fingerprint density at radius 1 is 1.18 bits per heavy atom. The number of benzene rings is 2. The largest absolute Gasteiger partial charge is 0.321 e. The van der Waals surface area contributed by atoms with Crippen molar-refractivity contribution in [3.05, 3.63) is 59.3 Å². The molecule has 5 heteroatoms. The van der Waals surface area contributed by atoms with E-state index < -0.39 is 0 Å². The van der Waals surface area contributed by atoms with Crippen molar-refractivity contribution < 1.29 is 4.79 Å². The van der Waals surface area contributed by atoms with Gasteiger partial charge in [0, 0.05) is 22.2 Å². The molecule has 1 aliphatic rings. The zero-order chi connectivity index (χ0) is 15.1. The summed E-state index contributed by atoms with van der Waals surface area (Å²) in [7, 11) is 0. The summed E-state index contributed by atoms with van der Waals surface area (Å²) >= 11 is 0. The number of carbonyl (C=O) groups excluding carboxylic acids is 1. The van der Waals surface area contributed by atoms with E-state index in [-0.39, 0.29) is 5.91 Å². The Hall–Kier alpha value is -3.39. The highest BCUT2D eigenvalue weighted by Gasteiger charge is 2.23. The van der Waals surface area contributed by atoms with E-state index in [4.69, 9.17) is 5.26 Å². The highest BCUT2D eigenvalue weighted by Crippen LogP contribution is 2.33. The standard InChI is InChI=1S/C17H10N4O/c18-9-16-12-6-5-10(8-15(12)20-21-16)7-13-11-3-1-2-4-14(11)19-17(13)22/h1-8H,(H,19,22)(H,20,21). The van der Waals surface area contributed by atoms with E-state index in [1.807, 2.05) is 54.6 Å². The minimum absolute atomic E-state index is 0.108. The number of nitrogens with zero attached hydrogens (tertiary/aromatic N) is 2. The van der Waals surface area contributed by atoms with Crippen LogP contribution in [0.4, 0.5) is 5.69 Å². The van der Waals surface area contributed by atoms with Crippen LogP contribution < -0.4 is 5.32 Å². The molecule has 2 N–H and O–H groups in total. The zero-order valence-electron chi connectivity index (χ0n) is 11.4. The molecule has 22 heavy (non-hydrogen) atoms. The Kier molecular flexibility index (Phi) is 2.57. The lowest BCUT2D eigenvalue weighted by atomic mass is 10.0. The molecule has 0 radical (unpaired) electrons. The Bertz CT molecular complexity index is 991. The van der Waals surface area contributed by atoms with Crippen LogP contribution >= 0.6 is 0 Å². The van der Waals surface area contributed by atoms with E-state index >= 15 is 0 Å². The Labute approximate surface area is 125 Å². The van der Waals surface area contributed by atoms with Gasteiger partial charge < -0.3 is 5.32 Å². The second-order valence-electron chi connectivity index (χ2n) is 5.05. The third kappa shape index (κ3) is 1.79. The zero-order valence-corrected chi connectivity index (χ0v) is 11.4. The number of H-pyrrole nitrogens is 1. The van der Waals surface area contributed by atoms with Crippen LogP contribution in [0, 0.1) is 11.3 Å². The van der Waals surface area contributed by atoms with Gasteiger partial charge in [0.1, 0.15) is 6.07 Å². The fourth-order valence-corrected chi connectivity index (χ4v) is 2.66. The monoisotopic (exact) mass is 286 g/mol. The van der Waals surface area contributed by atoms with Gasteiger partial charge in [-0.25, -0.2) is 0 Å². The number of para-hydroxylation sites is 1. The van der Waals surface area contributed by atoms with Crippen LogP contribution in [0.3, 0.4) is 0 Å². The molecule has 1 aliphatic heterocycles. The van der Waals surface area contributed by atoms with Crippen LogP contribution in [-0.2, 0) is 4.79 Å². The normalized spacial score (nSPS) is 14.9. The summed E-state index contributed by atoms with van der Waals surface area (Å²) in [6.45, 7) is 0. The van der Waals surface area contributed by atoms with E-state index in [0.29, 0.717) is 11.3 Å². The predicted octanol–water partition coefficient (Wildman–Crippen LogP) is 2.93. The number of amides is 1. The van der Waals surface area contributed by atoms with Crippen molar-refractivity contribution >= 4 is 34.1 Å². The molecule has 4 rings (SSSR count). The van der Waals surface area contributed by atoms with Gasteiger partial charge in [0.25, 0.3) is 5.91 Å². The van der Waals surface area contributed by atoms with Gasteiger partial charge in [0.15, 0.2) is 5.69 Å². The Morgan fingerprint density at radius 2 is 2.05 bits per heavy atom. The molecule has 0 aliphatic carbocycles. The average Bonchev–Trinajstić information content (AvgIpc) is 3.08. The topological polar surface area (TPSA) is 81.6 Å². The summed E-state index contributed by atoms with van der Waals surface area (Å²) in [6, 6.07) is 15.2. The molecule has 104 valence electrons. The van der Waals surface area contributed by atoms with Crippen molar-refractivity contribution in [2.45, 2.75) is 0 Å². The fourth-order valence-electron chi connectivity index (χ4n) is 2.66. The number of nitrogens with one attached hydrogen (secondary N) is 2. The van der Waals surface area contributed by atoms with Crippen LogP contribution in [-0.4, -0.2) is 16.1 Å². The molecule has 2 aromatic carbocycles. The van der Waals surface area contributed by atoms with E-state index in [9.17, 15) is 4.79 Å². The molecule has 0 atom stereocenters. The highest BCUT2D eigenvalue weighted by molar-refractivity contribution is 6.34. The summed E-state index contributed by atoms with van der Waals surface area (Å²) in [4.78, 5) is 12.1. The van der Waals surface area contributed by atoms with Gasteiger partial charge in [0.2, 0.25) is 0 Å². The Morgan fingerprint density at radius 3 is 2.91 bits per heavy atom. The number of anilines is 1. The molecule has 0 unspecified atom stereocenters. The molecule has 3 aromatic rings. The lowest BCUT2D eigenvalue weighted by molar-refractivity contribution is -0.110. The van der Waals surface area contributed by atoms with Gasteiger partial charge in [-0.1, -0.05) is 24.3 Å². The second-order valence-corrected chi connectivity index (χ2v) is 5.05. The first-order chi connectivity index (χ1) is 10.8. The SMILES string of the molecule is N#Cc1n[nH]c2cc(C=C3C(=O)Nc4ccccc43)ccc12. The maximum atomic E-state index is 12.1. The molecule has 1 amide bonds. The number of aromatic amines is 1. The summed E-state index contributed by atoms with van der Waals surface area (Å²) in [5, 5.41) is 19.4. The van der Waals surface area contributed by atoms with Crippen LogP contribution in [0.25, 0.3) is 22.6 Å². The van der Waals surface area contributed by atoms with Crippen molar-refractivity contribution in [3.63, 3.8) is 0 Å². The first-order valence-electron chi connectivity index (χ1n) is 6.77. The maximum Gasteiger partial charge on any atom is 0.256 e. The van der Waals surface area contributed by atoms with E-state index in [2.05, 4.69) is 15.5 Å². The van der Waals surface area contributed by atoms with Gasteiger partial charge in [0.05, 0.1) is 5.52 Å². The van der Waals surface area contributed by atoms with Crippen molar-refractivity contribution in [1.29, 1.82) is 5.26 Å². The number of carbonyl (C=O) groups is 1. The minimum atomic E-state index is -0.108. The lowest BCUT2D eigenvalue weighted by Crippen LogP contribution is -2.03. The average molecular weight is 286 g/mol. The van der Waals surface area contributed by atoms with Crippen molar-refractivity contribution in [1.82, 2.24) is 10.2 Å². The van der Waals surface area contributed by atoms with Gasteiger partial charge >= 0.3 is 0 Å². The predicted molar refractivity (Wildman–Crippen MR) is 83.8 cm³/mol. The molecule has 0 saturated carbocycles. The maximum absolute atomic E-state index is 12.1. The molecule has 0 saturated heterocycles. The van der Waals surface area contributed by atoms with Gasteiger partial charge in [-0.2, -0.15) is 10.4 Å². The number of hydrogen-bond acceptors (Lipinski definition) is 3. The van der Waals surface area contributed by atoms with E-state index in [1.165, 1.54) is 0 Å². The number of hydrogen-bond donors (Lipinski definition) is 2. The van der Waals surface area contributed by atoms with Crippen LogP contribution in [0.2, 0.25) is 0 Å². The third-order valence-electron chi connectivity index (χ3n) is 3.71. The number of fused-ring (bicyclic) bond motifs is 2. The fraction of sp³-hybridized carbons (Fsp3) is 0. The third-order valence-corrected chi connectivity index (χ3v) is 3.71. The lowest BCUT2D eigenvalue weighted by Gasteiger charge is -1.99. The first kappa shape index (κ1) is 12.4. The van der Waals surface area contributed by atoms with Gasteiger partial charge in [-0.05, 0) is 29.8 Å². The molecule has 2 heterocycles. The van der Waals surface area contributed by atoms with Gasteiger partial charge in [-0.15, -0.1) is 0 Å². The molecule has 1 aromatic heterocycles. The highest BCUT2D eigenvalue weighted by atomic mass is 16.2. The summed E-state index contributed by atoms with van der Waals surface area (Å²) in [5.74, 6) is -0.108. The smallest absolute Gasteiger partial charge is 0.256 e. The first-order valence-corrected chi connectivity index (χ1v) is 6.77. The van der Waals surface area contributed by atoms with Crippen LogP contribution in [0.15, 0.2) is 42.5 Å². The summed E-state index contributed by atoms with van der Waals surface area (Å²) in [5.41, 5.74) is 4.39. The molecule has 0 fully saturated rings. The molecular formula is C17H10N4O. The molecular weight excluding hydrogens is 276 g/mol. The number of rotatable bonds is 1. The van der Waals surface area contributed by atoms with Gasteiger partial charge in [-0.3, -0.25) is 9.89 Å². The molecule has 5 nitrogen and oxygen atoms in total. The second kappa shape index (κ2) is 4.57. The van der Waals surface area contributed by atoms with Crippen LogP contribution in [0.1, 0.15) is 16.8 Å². The summed E-state index contributed by atoms with van der Waals surface area (Å²) in [6.07, 6.45) is 1.84. The number of nitriles is 1. The minimum Gasteiger partial charge on any atom is -0.321 e. The quantitative estimate of drug-likeness (QED) is 0.675. The Balaban J connectivity index is 1.83.